The topological polar surface area (TPSA) is 62.1 Å². The first-order valence-electron chi connectivity index (χ1n) is 5.68. The fraction of sp³-hybridized carbons (Fsp3) is 0.385. The Balaban J connectivity index is 2.02. The highest BCUT2D eigenvalue weighted by Crippen LogP contribution is 2.28. The molecule has 17 heavy (non-hydrogen) atoms. The summed E-state index contributed by atoms with van der Waals surface area (Å²) in [7, 11) is 0. The summed E-state index contributed by atoms with van der Waals surface area (Å²) in [5.41, 5.74) is 2.74. The number of ether oxygens (including phenoxy) is 1. The van der Waals surface area contributed by atoms with Crippen LogP contribution in [0.5, 0.6) is 0 Å². The minimum atomic E-state index is -0.182. The largest absolute Gasteiger partial charge is 0.466 e. The molecule has 1 atom stereocenters. The van der Waals surface area contributed by atoms with Crippen molar-refractivity contribution in [2.24, 2.45) is 0 Å². The molecule has 0 radical (unpaired) electrons. The van der Waals surface area contributed by atoms with Gasteiger partial charge in [-0.25, -0.2) is 0 Å². The number of nitrogens with one attached hydrogen (secondary N) is 1. The van der Waals surface area contributed by atoms with E-state index in [1.165, 1.54) is 0 Å². The van der Waals surface area contributed by atoms with E-state index in [9.17, 15) is 4.79 Å². The summed E-state index contributed by atoms with van der Waals surface area (Å²) >= 11 is 0. The zero-order valence-corrected chi connectivity index (χ0v) is 9.69. The lowest BCUT2D eigenvalue weighted by Gasteiger charge is -2.09. The van der Waals surface area contributed by atoms with Crippen molar-refractivity contribution in [3.05, 3.63) is 29.3 Å². The number of fused-ring (bicyclic) bond motifs is 1. The van der Waals surface area contributed by atoms with E-state index in [0.29, 0.717) is 18.6 Å². The van der Waals surface area contributed by atoms with Gasteiger partial charge in [0.2, 0.25) is 0 Å². The summed E-state index contributed by atoms with van der Waals surface area (Å²) in [6.07, 6.45) is 1.17. The van der Waals surface area contributed by atoms with Gasteiger partial charge in [0.15, 0.2) is 0 Å². The third kappa shape index (κ3) is 2.56. The number of carbonyl (C=O) groups excluding carboxylic acids is 1. The van der Waals surface area contributed by atoms with Crippen molar-refractivity contribution in [2.75, 3.05) is 11.9 Å². The van der Waals surface area contributed by atoms with Crippen molar-refractivity contribution in [3.63, 3.8) is 0 Å². The maximum absolute atomic E-state index is 11.4. The Labute approximate surface area is 100 Å². The second kappa shape index (κ2) is 4.88. The first-order chi connectivity index (χ1) is 8.22. The average Bonchev–Trinajstić information content (AvgIpc) is 2.69. The molecule has 0 amide bonds. The van der Waals surface area contributed by atoms with E-state index in [-0.39, 0.29) is 12.0 Å². The molecule has 1 unspecified atom stereocenters. The predicted octanol–water partition coefficient (Wildman–Crippen LogP) is 1.85. The minimum Gasteiger partial charge on any atom is -0.466 e. The van der Waals surface area contributed by atoms with Gasteiger partial charge < -0.3 is 10.1 Å². The van der Waals surface area contributed by atoms with Gasteiger partial charge >= 0.3 is 5.97 Å². The molecule has 1 aromatic carbocycles. The van der Waals surface area contributed by atoms with Crippen LogP contribution in [0.15, 0.2) is 18.2 Å². The predicted molar refractivity (Wildman–Crippen MR) is 63.5 cm³/mol. The number of hydrogen-bond acceptors (Lipinski definition) is 4. The normalized spacial score (nSPS) is 16.8. The van der Waals surface area contributed by atoms with Gasteiger partial charge in [-0.1, -0.05) is 6.07 Å². The molecule has 0 aliphatic carbocycles. The van der Waals surface area contributed by atoms with E-state index in [0.717, 1.165) is 17.7 Å². The Morgan fingerprint density at radius 1 is 1.65 bits per heavy atom. The van der Waals surface area contributed by atoms with Crippen LogP contribution in [0.25, 0.3) is 0 Å². The molecular weight excluding hydrogens is 216 g/mol. The summed E-state index contributed by atoms with van der Waals surface area (Å²) < 4.78 is 4.92. The molecule has 2 rings (SSSR count). The number of hydrogen-bond donors (Lipinski definition) is 1. The summed E-state index contributed by atoms with van der Waals surface area (Å²) in [4.78, 5) is 11.4. The van der Waals surface area contributed by atoms with E-state index in [1.54, 1.807) is 13.0 Å². The van der Waals surface area contributed by atoms with Gasteiger partial charge in [-0.3, -0.25) is 4.79 Å². The average molecular weight is 230 g/mol. The zero-order valence-electron chi connectivity index (χ0n) is 9.69. The van der Waals surface area contributed by atoms with E-state index in [2.05, 4.69) is 11.4 Å². The van der Waals surface area contributed by atoms with E-state index in [1.807, 2.05) is 12.1 Å². The van der Waals surface area contributed by atoms with Crippen LogP contribution in [-0.4, -0.2) is 18.6 Å². The van der Waals surface area contributed by atoms with Crippen LogP contribution in [0.2, 0.25) is 0 Å². The van der Waals surface area contributed by atoms with Crippen LogP contribution in [0.3, 0.4) is 0 Å². The second-order valence-electron chi connectivity index (χ2n) is 4.04. The third-order valence-electron chi connectivity index (χ3n) is 2.78. The van der Waals surface area contributed by atoms with Crippen molar-refractivity contribution in [1.82, 2.24) is 0 Å². The summed E-state index contributed by atoms with van der Waals surface area (Å²) in [6, 6.07) is 7.74. The Morgan fingerprint density at radius 2 is 2.47 bits per heavy atom. The molecule has 0 bridgehead atoms. The van der Waals surface area contributed by atoms with Crippen molar-refractivity contribution in [3.8, 4) is 6.07 Å². The standard InChI is InChI=1S/C13H14N2O2/c1-2-17-13(16)7-11-6-10-4-3-9(8-14)5-12(10)15-11/h3-5,11,15H,2,6-7H2,1H3. The molecule has 88 valence electrons. The zero-order chi connectivity index (χ0) is 12.3. The van der Waals surface area contributed by atoms with Gasteiger partial charge in [0.1, 0.15) is 0 Å². The van der Waals surface area contributed by atoms with Crippen molar-refractivity contribution >= 4 is 11.7 Å². The third-order valence-corrected chi connectivity index (χ3v) is 2.78. The number of anilines is 1. The molecule has 4 heteroatoms. The number of benzene rings is 1. The van der Waals surface area contributed by atoms with E-state index < -0.39 is 0 Å². The molecule has 0 spiro atoms. The second-order valence-corrected chi connectivity index (χ2v) is 4.04. The van der Waals surface area contributed by atoms with Crippen LogP contribution in [-0.2, 0) is 16.0 Å². The van der Waals surface area contributed by atoms with Crippen molar-refractivity contribution in [2.45, 2.75) is 25.8 Å². The fourth-order valence-electron chi connectivity index (χ4n) is 2.04. The molecule has 0 saturated carbocycles. The summed E-state index contributed by atoms with van der Waals surface area (Å²) in [5, 5.41) is 12.0. The lowest BCUT2D eigenvalue weighted by molar-refractivity contribution is -0.143. The molecular formula is C13H14N2O2. The number of nitriles is 1. The van der Waals surface area contributed by atoms with Crippen LogP contribution in [0.4, 0.5) is 5.69 Å². The van der Waals surface area contributed by atoms with Gasteiger partial charge in [0, 0.05) is 11.7 Å². The smallest absolute Gasteiger partial charge is 0.307 e. The highest BCUT2D eigenvalue weighted by atomic mass is 16.5. The maximum atomic E-state index is 11.4. The van der Waals surface area contributed by atoms with Gasteiger partial charge in [-0.15, -0.1) is 0 Å². The van der Waals surface area contributed by atoms with Gasteiger partial charge in [0.25, 0.3) is 0 Å². The molecule has 0 fully saturated rings. The summed E-state index contributed by atoms with van der Waals surface area (Å²) in [5.74, 6) is -0.182. The Kier molecular flexibility index (Phi) is 3.29. The van der Waals surface area contributed by atoms with Crippen LogP contribution < -0.4 is 5.32 Å². The van der Waals surface area contributed by atoms with Gasteiger partial charge in [-0.2, -0.15) is 5.26 Å². The Bertz CT molecular complexity index is 477. The lowest BCUT2D eigenvalue weighted by Crippen LogP contribution is -2.21. The molecule has 1 aromatic rings. The lowest BCUT2D eigenvalue weighted by atomic mass is 10.1. The van der Waals surface area contributed by atoms with Crippen molar-refractivity contribution < 1.29 is 9.53 Å². The molecule has 0 saturated heterocycles. The van der Waals surface area contributed by atoms with Gasteiger partial charge in [-0.05, 0) is 31.0 Å². The fourth-order valence-corrected chi connectivity index (χ4v) is 2.04. The Morgan fingerprint density at radius 3 is 3.18 bits per heavy atom. The Hall–Kier alpha value is -2.02. The van der Waals surface area contributed by atoms with Crippen molar-refractivity contribution in [1.29, 1.82) is 5.26 Å². The number of carbonyl (C=O) groups is 1. The highest BCUT2D eigenvalue weighted by Gasteiger charge is 2.23. The minimum absolute atomic E-state index is 0.0815. The first-order valence-corrected chi connectivity index (χ1v) is 5.68. The molecule has 1 aliphatic heterocycles. The quantitative estimate of drug-likeness (QED) is 0.805. The molecule has 1 aliphatic rings. The first kappa shape index (κ1) is 11.5. The highest BCUT2D eigenvalue weighted by molar-refractivity contribution is 5.72. The SMILES string of the molecule is CCOC(=O)CC1Cc2ccc(C#N)cc2N1. The molecule has 1 heterocycles. The molecule has 4 nitrogen and oxygen atoms in total. The van der Waals surface area contributed by atoms with Gasteiger partial charge in [0.05, 0.1) is 24.7 Å². The van der Waals surface area contributed by atoms with E-state index >= 15 is 0 Å². The van der Waals surface area contributed by atoms with Crippen LogP contribution in [0.1, 0.15) is 24.5 Å². The number of rotatable bonds is 3. The molecule has 1 N–H and O–H groups in total. The number of nitrogens with zero attached hydrogens (tertiary/aromatic N) is 1. The number of esters is 1. The maximum Gasteiger partial charge on any atom is 0.307 e. The molecule has 0 aromatic heterocycles. The van der Waals surface area contributed by atoms with E-state index in [4.69, 9.17) is 10.00 Å². The summed E-state index contributed by atoms with van der Waals surface area (Å²) in [6.45, 7) is 2.21. The van der Waals surface area contributed by atoms with Crippen LogP contribution in [0, 0.1) is 11.3 Å². The monoisotopic (exact) mass is 230 g/mol. The van der Waals surface area contributed by atoms with Crippen LogP contribution >= 0.6 is 0 Å².